The van der Waals surface area contributed by atoms with Crippen LogP contribution in [0.25, 0.3) is 0 Å². The Kier molecular flexibility index (Phi) is 8.23. The van der Waals surface area contributed by atoms with Crippen molar-refractivity contribution in [3.05, 3.63) is 42.0 Å². The fourth-order valence-electron chi connectivity index (χ4n) is 3.38. The molecule has 0 radical (unpaired) electrons. The zero-order valence-electron chi connectivity index (χ0n) is 19.0. The summed E-state index contributed by atoms with van der Waals surface area (Å²) in [6.45, 7) is 5.38. The summed E-state index contributed by atoms with van der Waals surface area (Å²) in [6, 6.07) is 0. The third-order valence-electron chi connectivity index (χ3n) is 5.34. The van der Waals surface area contributed by atoms with E-state index in [4.69, 9.17) is 9.62 Å². The normalized spacial score (nSPS) is 14.7. The first kappa shape index (κ1) is 25.8. The van der Waals surface area contributed by atoms with Gasteiger partial charge in [0.05, 0.1) is 31.3 Å². The first-order valence-corrected chi connectivity index (χ1v) is 13.7. The van der Waals surface area contributed by atoms with Crippen molar-refractivity contribution in [1.82, 2.24) is 25.4 Å². The van der Waals surface area contributed by atoms with E-state index >= 15 is 0 Å². The molecular weight excluding hydrogens is 605 g/mol. The number of carbonyl (C=O) groups is 2. The SMILES string of the molecule is CC(C)(I)c1cnc(CSc2cnc(NC(=O)C3CCN(c4ncc(C(=O)NO)cn4)CC3)s2)o1. The number of hydroxylamine groups is 1. The van der Waals surface area contributed by atoms with E-state index in [1.54, 1.807) is 29.6 Å². The number of aromatic nitrogens is 4. The minimum Gasteiger partial charge on any atom is -0.443 e. The van der Waals surface area contributed by atoms with Gasteiger partial charge in [0.2, 0.25) is 17.7 Å². The van der Waals surface area contributed by atoms with Gasteiger partial charge in [0.15, 0.2) is 5.13 Å². The Morgan fingerprint density at radius 3 is 2.54 bits per heavy atom. The number of amides is 2. The van der Waals surface area contributed by atoms with Gasteiger partial charge >= 0.3 is 0 Å². The van der Waals surface area contributed by atoms with Crippen LogP contribution in [0.4, 0.5) is 11.1 Å². The maximum Gasteiger partial charge on any atom is 0.277 e. The third kappa shape index (κ3) is 6.68. The van der Waals surface area contributed by atoms with E-state index in [-0.39, 0.29) is 20.8 Å². The Morgan fingerprint density at radius 1 is 1.20 bits per heavy atom. The van der Waals surface area contributed by atoms with Crippen LogP contribution in [-0.2, 0) is 14.0 Å². The summed E-state index contributed by atoms with van der Waals surface area (Å²) in [5, 5.41) is 12.2. The number of thioether (sulfide) groups is 1. The number of piperidine rings is 1. The monoisotopic (exact) mass is 629 g/mol. The Hall–Kier alpha value is -2.30. The predicted octanol–water partition coefficient (Wildman–Crippen LogP) is 3.86. The van der Waals surface area contributed by atoms with Gasteiger partial charge in [0, 0.05) is 31.4 Å². The summed E-state index contributed by atoms with van der Waals surface area (Å²) in [5.41, 5.74) is 1.72. The minimum absolute atomic E-state index is 0.0481. The van der Waals surface area contributed by atoms with E-state index in [9.17, 15) is 9.59 Å². The molecule has 1 fully saturated rings. The molecule has 3 N–H and O–H groups in total. The van der Waals surface area contributed by atoms with Gasteiger partial charge in [-0.25, -0.2) is 25.4 Å². The number of hydrogen-bond acceptors (Lipinski definition) is 11. The summed E-state index contributed by atoms with van der Waals surface area (Å²) in [5.74, 6) is 1.74. The second kappa shape index (κ2) is 11.2. The second-order valence-corrected chi connectivity index (χ2v) is 13.3. The number of halogens is 1. The van der Waals surface area contributed by atoms with Crippen molar-refractivity contribution in [2.24, 2.45) is 5.92 Å². The third-order valence-corrected chi connectivity index (χ3v) is 7.97. The number of thiazole rings is 1. The van der Waals surface area contributed by atoms with Crippen LogP contribution in [0.5, 0.6) is 0 Å². The molecule has 0 aliphatic carbocycles. The molecule has 0 spiro atoms. The number of rotatable bonds is 8. The van der Waals surface area contributed by atoms with Gasteiger partial charge in [-0.2, -0.15) is 0 Å². The Morgan fingerprint density at radius 2 is 1.91 bits per heavy atom. The van der Waals surface area contributed by atoms with Gasteiger partial charge in [0.1, 0.15) is 5.76 Å². The summed E-state index contributed by atoms with van der Waals surface area (Å²) in [6.07, 6.45) is 7.54. The smallest absolute Gasteiger partial charge is 0.277 e. The molecule has 0 bridgehead atoms. The lowest BCUT2D eigenvalue weighted by molar-refractivity contribution is -0.120. The van der Waals surface area contributed by atoms with Crippen LogP contribution in [0.1, 0.15) is 48.7 Å². The lowest BCUT2D eigenvalue weighted by Crippen LogP contribution is -2.39. The molecule has 14 heteroatoms. The molecule has 0 atom stereocenters. The number of hydrogen-bond donors (Lipinski definition) is 3. The van der Waals surface area contributed by atoms with Gasteiger partial charge in [-0.05, 0) is 26.7 Å². The van der Waals surface area contributed by atoms with Crippen molar-refractivity contribution < 1.29 is 19.2 Å². The summed E-state index contributed by atoms with van der Waals surface area (Å²) >= 11 is 5.32. The lowest BCUT2D eigenvalue weighted by Gasteiger charge is -2.31. The van der Waals surface area contributed by atoms with Crippen LogP contribution in [0.15, 0.2) is 33.4 Å². The van der Waals surface area contributed by atoms with Gasteiger partial charge in [-0.15, -0.1) is 11.8 Å². The van der Waals surface area contributed by atoms with Crippen LogP contribution >= 0.6 is 45.7 Å². The van der Waals surface area contributed by atoms with Crippen molar-refractivity contribution in [1.29, 1.82) is 0 Å². The lowest BCUT2D eigenvalue weighted by atomic mass is 9.96. The predicted molar refractivity (Wildman–Crippen MR) is 140 cm³/mol. The van der Waals surface area contributed by atoms with Crippen LogP contribution in [0.2, 0.25) is 0 Å². The molecule has 1 aliphatic heterocycles. The molecule has 4 heterocycles. The van der Waals surface area contributed by atoms with Crippen LogP contribution < -0.4 is 15.7 Å². The quantitative estimate of drug-likeness (QED) is 0.110. The number of alkyl halides is 1. The van der Waals surface area contributed by atoms with E-state index in [0.717, 1.165) is 9.97 Å². The molecular formula is C21H24IN7O4S2. The molecule has 0 aromatic carbocycles. The maximum atomic E-state index is 12.8. The summed E-state index contributed by atoms with van der Waals surface area (Å²) < 4.78 is 6.68. The van der Waals surface area contributed by atoms with Crippen LogP contribution in [0, 0.1) is 5.92 Å². The number of nitrogens with zero attached hydrogens (tertiary/aromatic N) is 5. The van der Waals surface area contributed by atoms with Gasteiger partial charge in [-0.1, -0.05) is 33.9 Å². The highest BCUT2D eigenvalue weighted by atomic mass is 127. The van der Waals surface area contributed by atoms with E-state index < -0.39 is 5.91 Å². The Bertz CT molecular complexity index is 1170. The highest BCUT2D eigenvalue weighted by Gasteiger charge is 2.27. The first-order chi connectivity index (χ1) is 16.7. The van der Waals surface area contributed by atoms with Gasteiger partial charge in [-0.3, -0.25) is 14.8 Å². The molecule has 11 nitrogen and oxygen atoms in total. The number of carbonyl (C=O) groups excluding carboxylic acids is 2. The average Bonchev–Trinajstić information content (AvgIpc) is 3.52. The Labute approximate surface area is 223 Å². The van der Waals surface area contributed by atoms with Gasteiger partial charge in [0.25, 0.3) is 5.91 Å². The number of anilines is 2. The first-order valence-electron chi connectivity index (χ1n) is 10.8. The van der Waals surface area contributed by atoms with Crippen molar-refractivity contribution in [3.63, 3.8) is 0 Å². The summed E-state index contributed by atoms with van der Waals surface area (Å²) in [4.78, 5) is 43.2. The molecule has 4 rings (SSSR count). The van der Waals surface area contributed by atoms with Crippen molar-refractivity contribution in [2.45, 2.75) is 40.1 Å². The molecule has 3 aromatic heterocycles. The standard InChI is InChI=1S/C21H24IN7O4S2/c1-21(2,22)14-9-23-15(33-14)11-34-16-10-26-20(35-16)27-17(30)12-3-5-29(6-4-12)19-24-7-13(8-25-19)18(31)28-32/h7-10,12,32H,3-6,11H2,1-2H3,(H,28,31)(H,26,27,30). The zero-order chi connectivity index (χ0) is 25.0. The largest absolute Gasteiger partial charge is 0.443 e. The van der Waals surface area contributed by atoms with E-state index in [0.29, 0.717) is 48.7 Å². The van der Waals surface area contributed by atoms with Crippen molar-refractivity contribution in [2.75, 3.05) is 23.3 Å². The molecule has 1 aliphatic rings. The fraction of sp³-hybridized carbons (Fsp3) is 0.429. The minimum atomic E-state index is -0.664. The number of nitrogens with one attached hydrogen (secondary N) is 2. The van der Waals surface area contributed by atoms with E-state index in [2.05, 4.69) is 61.7 Å². The van der Waals surface area contributed by atoms with E-state index in [1.165, 1.54) is 23.7 Å². The topological polar surface area (TPSA) is 146 Å². The zero-order valence-corrected chi connectivity index (χ0v) is 22.8. The number of oxazole rings is 1. The Balaban J connectivity index is 1.24. The van der Waals surface area contributed by atoms with Gasteiger partial charge < -0.3 is 14.6 Å². The fourth-order valence-corrected chi connectivity index (χ4v) is 5.36. The van der Waals surface area contributed by atoms with E-state index in [1.807, 2.05) is 4.90 Å². The second-order valence-electron chi connectivity index (χ2n) is 8.33. The molecule has 1 saturated heterocycles. The van der Waals surface area contributed by atoms with Crippen molar-refractivity contribution in [3.8, 4) is 0 Å². The maximum absolute atomic E-state index is 12.8. The summed E-state index contributed by atoms with van der Waals surface area (Å²) in [7, 11) is 0. The average molecular weight is 630 g/mol. The molecule has 35 heavy (non-hydrogen) atoms. The highest BCUT2D eigenvalue weighted by molar-refractivity contribution is 14.1. The highest BCUT2D eigenvalue weighted by Crippen LogP contribution is 2.34. The molecule has 0 saturated carbocycles. The molecule has 0 unspecified atom stereocenters. The van der Waals surface area contributed by atoms with Crippen LogP contribution in [-0.4, -0.2) is 50.0 Å². The van der Waals surface area contributed by atoms with Crippen molar-refractivity contribution >= 4 is 68.6 Å². The molecule has 2 amide bonds. The molecule has 3 aromatic rings. The van der Waals surface area contributed by atoms with Crippen LogP contribution in [0.3, 0.4) is 0 Å². The molecule has 186 valence electrons.